The van der Waals surface area contributed by atoms with Gasteiger partial charge in [-0.15, -0.1) is 11.8 Å². The first kappa shape index (κ1) is 12.4. The summed E-state index contributed by atoms with van der Waals surface area (Å²) < 4.78 is 6.27. The number of aryl methyl sites for hydroxylation is 1. The molecular weight excluding hydrogens is 256 g/mol. The largest absolute Gasteiger partial charge is 0.375 e. The fourth-order valence-electron chi connectivity index (χ4n) is 1.22. The number of thioether (sulfide) groups is 1. The Balaban J connectivity index is 2.00. The molecule has 92 valence electrons. The van der Waals surface area contributed by atoms with Gasteiger partial charge in [0, 0.05) is 5.92 Å². The van der Waals surface area contributed by atoms with E-state index in [2.05, 4.69) is 15.1 Å². The van der Waals surface area contributed by atoms with Crippen LogP contribution in [0.2, 0.25) is 0 Å². The van der Waals surface area contributed by atoms with Gasteiger partial charge >= 0.3 is 0 Å². The minimum absolute atomic E-state index is 0.290. The number of hydrogen-bond donors (Lipinski definition) is 1. The monoisotopic (exact) mass is 270 g/mol. The van der Waals surface area contributed by atoms with Gasteiger partial charge in [-0.2, -0.15) is 4.98 Å². The lowest BCUT2D eigenvalue weighted by molar-refractivity contribution is 0.383. The van der Waals surface area contributed by atoms with Crippen LogP contribution in [-0.2, 0) is 5.75 Å². The van der Waals surface area contributed by atoms with Crippen LogP contribution in [0.5, 0.6) is 0 Å². The Labute approximate surface area is 108 Å². The SMILES string of the molecule is Cc1nc(N)sc1SCc1nc(C(C)C)no1. The fraction of sp³-hybridized carbons (Fsp3) is 0.500. The lowest BCUT2D eigenvalue weighted by atomic mass is 10.2. The molecule has 0 atom stereocenters. The van der Waals surface area contributed by atoms with Crippen molar-refractivity contribution in [3.8, 4) is 0 Å². The summed E-state index contributed by atoms with van der Waals surface area (Å²) in [6, 6.07) is 0. The van der Waals surface area contributed by atoms with E-state index in [-0.39, 0.29) is 0 Å². The van der Waals surface area contributed by atoms with Crippen LogP contribution in [0.25, 0.3) is 0 Å². The molecule has 2 heterocycles. The van der Waals surface area contributed by atoms with Gasteiger partial charge in [-0.25, -0.2) is 4.98 Å². The number of nitrogens with two attached hydrogens (primary N) is 1. The molecule has 2 N–H and O–H groups in total. The number of aromatic nitrogens is 3. The Hall–Kier alpha value is -1.08. The highest BCUT2D eigenvalue weighted by molar-refractivity contribution is 8.00. The van der Waals surface area contributed by atoms with Gasteiger partial charge in [0.15, 0.2) is 11.0 Å². The molecule has 7 heteroatoms. The van der Waals surface area contributed by atoms with Crippen LogP contribution in [0.15, 0.2) is 8.73 Å². The van der Waals surface area contributed by atoms with E-state index < -0.39 is 0 Å². The highest BCUT2D eigenvalue weighted by Gasteiger charge is 2.12. The average Bonchev–Trinajstić information content (AvgIpc) is 2.82. The molecule has 0 bridgehead atoms. The first-order valence-corrected chi connectivity index (χ1v) is 7.04. The molecule has 0 spiro atoms. The molecule has 0 saturated heterocycles. The molecule has 0 aliphatic heterocycles. The Bertz CT molecular complexity index is 506. The summed E-state index contributed by atoms with van der Waals surface area (Å²) in [6.07, 6.45) is 0. The molecule has 0 aliphatic rings. The van der Waals surface area contributed by atoms with Crippen molar-refractivity contribution in [2.24, 2.45) is 0 Å². The summed E-state index contributed by atoms with van der Waals surface area (Å²) in [5, 5.41) is 4.51. The molecule has 0 amide bonds. The third-order valence-corrected chi connectivity index (χ3v) is 4.43. The Morgan fingerprint density at radius 2 is 2.18 bits per heavy atom. The van der Waals surface area contributed by atoms with Crippen molar-refractivity contribution in [2.45, 2.75) is 36.7 Å². The molecule has 5 nitrogen and oxygen atoms in total. The first-order chi connectivity index (χ1) is 8.06. The van der Waals surface area contributed by atoms with Gasteiger partial charge in [-0.1, -0.05) is 30.3 Å². The van der Waals surface area contributed by atoms with Gasteiger partial charge in [-0.3, -0.25) is 0 Å². The summed E-state index contributed by atoms with van der Waals surface area (Å²) in [7, 11) is 0. The van der Waals surface area contributed by atoms with E-state index in [4.69, 9.17) is 10.3 Å². The number of thiazole rings is 1. The Morgan fingerprint density at radius 3 is 2.71 bits per heavy atom. The quantitative estimate of drug-likeness (QED) is 0.861. The third-order valence-electron chi connectivity index (χ3n) is 2.10. The zero-order chi connectivity index (χ0) is 12.4. The molecule has 0 saturated carbocycles. The average molecular weight is 270 g/mol. The standard InChI is InChI=1S/C10H14N4OS2/c1-5(2)8-13-7(15-14-8)4-16-9-6(3)12-10(11)17-9/h5H,4H2,1-3H3,(H2,11,12). The second-order valence-electron chi connectivity index (χ2n) is 3.91. The van der Waals surface area contributed by atoms with Crippen LogP contribution in [0.3, 0.4) is 0 Å². The van der Waals surface area contributed by atoms with Gasteiger partial charge < -0.3 is 10.3 Å². The van der Waals surface area contributed by atoms with E-state index in [0.717, 1.165) is 15.7 Å². The van der Waals surface area contributed by atoms with Gasteiger partial charge in [0.05, 0.1) is 15.7 Å². The van der Waals surface area contributed by atoms with Crippen molar-refractivity contribution in [3.05, 3.63) is 17.4 Å². The summed E-state index contributed by atoms with van der Waals surface area (Å²) >= 11 is 3.11. The van der Waals surface area contributed by atoms with Crippen molar-refractivity contribution >= 4 is 28.2 Å². The Kier molecular flexibility index (Phi) is 3.68. The normalized spacial score (nSPS) is 11.3. The van der Waals surface area contributed by atoms with E-state index in [1.165, 1.54) is 11.3 Å². The van der Waals surface area contributed by atoms with Gasteiger partial charge in [-0.05, 0) is 6.92 Å². The molecule has 2 rings (SSSR count). The van der Waals surface area contributed by atoms with E-state index in [9.17, 15) is 0 Å². The lowest BCUT2D eigenvalue weighted by Crippen LogP contribution is -1.90. The summed E-state index contributed by atoms with van der Waals surface area (Å²) in [4.78, 5) is 8.48. The highest BCUT2D eigenvalue weighted by Crippen LogP contribution is 2.32. The molecule has 0 radical (unpaired) electrons. The van der Waals surface area contributed by atoms with Crippen LogP contribution >= 0.6 is 23.1 Å². The van der Waals surface area contributed by atoms with E-state index >= 15 is 0 Å². The fourth-order valence-corrected chi connectivity index (χ4v) is 3.09. The molecule has 0 fully saturated rings. The number of rotatable bonds is 4. The maximum absolute atomic E-state index is 5.63. The molecule has 0 aromatic carbocycles. The second-order valence-corrected chi connectivity index (χ2v) is 6.19. The number of hydrogen-bond acceptors (Lipinski definition) is 7. The van der Waals surface area contributed by atoms with Crippen LogP contribution in [-0.4, -0.2) is 15.1 Å². The zero-order valence-electron chi connectivity index (χ0n) is 9.93. The van der Waals surface area contributed by atoms with Crippen molar-refractivity contribution in [1.29, 1.82) is 0 Å². The van der Waals surface area contributed by atoms with Crippen LogP contribution in [0.1, 0.15) is 37.2 Å². The zero-order valence-corrected chi connectivity index (χ0v) is 11.6. The number of anilines is 1. The van der Waals surface area contributed by atoms with E-state index in [1.54, 1.807) is 11.8 Å². The predicted molar refractivity (Wildman–Crippen MR) is 69.2 cm³/mol. The molecule has 0 aliphatic carbocycles. The van der Waals surface area contributed by atoms with Gasteiger partial charge in [0.25, 0.3) is 0 Å². The molecule has 2 aromatic heterocycles. The minimum atomic E-state index is 0.290. The third kappa shape index (κ3) is 2.98. The van der Waals surface area contributed by atoms with Crippen LogP contribution in [0, 0.1) is 6.92 Å². The predicted octanol–water partition coefficient (Wildman–Crippen LogP) is 2.83. The van der Waals surface area contributed by atoms with Crippen LogP contribution < -0.4 is 5.73 Å². The lowest BCUT2D eigenvalue weighted by Gasteiger charge is -1.94. The molecule has 0 unspecified atom stereocenters. The number of nitrogen functional groups attached to an aromatic ring is 1. The van der Waals surface area contributed by atoms with Crippen molar-refractivity contribution < 1.29 is 4.52 Å². The van der Waals surface area contributed by atoms with E-state index in [0.29, 0.717) is 22.7 Å². The topological polar surface area (TPSA) is 77.8 Å². The smallest absolute Gasteiger partial charge is 0.237 e. The maximum Gasteiger partial charge on any atom is 0.237 e. The number of nitrogens with zero attached hydrogens (tertiary/aromatic N) is 3. The molecule has 17 heavy (non-hydrogen) atoms. The van der Waals surface area contributed by atoms with Crippen molar-refractivity contribution in [3.63, 3.8) is 0 Å². The molecular formula is C10H14N4OS2. The van der Waals surface area contributed by atoms with Crippen molar-refractivity contribution in [1.82, 2.24) is 15.1 Å². The van der Waals surface area contributed by atoms with Crippen molar-refractivity contribution in [2.75, 3.05) is 5.73 Å². The van der Waals surface area contributed by atoms with Crippen LogP contribution in [0.4, 0.5) is 5.13 Å². The Morgan fingerprint density at radius 1 is 1.41 bits per heavy atom. The summed E-state index contributed by atoms with van der Waals surface area (Å²) in [5.74, 6) is 2.34. The maximum atomic E-state index is 5.63. The summed E-state index contributed by atoms with van der Waals surface area (Å²) in [6.45, 7) is 6.02. The van der Waals surface area contributed by atoms with Gasteiger partial charge in [0.2, 0.25) is 5.89 Å². The first-order valence-electron chi connectivity index (χ1n) is 5.24. The minimum Gasteiger partial charge on any atom is -0.375 e. The summed E-state index contributed by atoms with van der Waals surface area (Å²) in [5.41, 5.74) is 6.59. The molecule has 2 aromatic rings. The van der Waals surface area contributed by atoms with Gasteiger partial charge in [0.1, 0.15) is 0 Å². The van der Waals surface area contributed by atoms with E-state index in [1.807, 2.05) is 20.8 Å². The second kappa shape index (κ2) is 5.05. The highest BCUT2D eigenvalue weighted by atomic mass is 32.2.